The summed E-state index contributed by atoms with van der Waals surface area (Å²) in [6, 6.07) is 19.8. The molecule has 0 fully saturated rings. The third-order valence-corrected chi connectivity index (χ3v) is 5.30. The number of hydrogen-bond donors (Lipinski definition) is 1. The molecule has 0 aromatic heterocycles. The van der Waals surface area contributed by atoms with E-state index in [1.54, 1.807) is 41.3 Å². The molecule has 0 saturated carbocycles. The van der Waals surface area contributed by atoms with Gasteiger partial charge in [0, 0.05) is 12.6 Å². The van der Waals surface area contributed by atoms with Gasteiger partial charge in [0.05, 0.1) is 29.1 Å². The number of ether oxygens (including phenoxy) is 1. The van der Waals surface area contributed by atoms with E-state index in [-0.39, 0.29) is 11.7 Å². The monoisotopic (exact) mass is 394 g/mol. The fourth-order valence-corrected chi connectivity index (χ4v) is 3.88. The number of rotatable bonds is 3. The van der Waals surface area contributed by atoms with Crippen molar-refractivity contribution in [2.45, 2.75) is 6.17 Å². The summed E-state index contributed by atoms with van der Waals surface area (Å²) in [5, 5.41) is 11.3. The van der Waals surface area contributed by atoms with Gasteiger partial charge in [0.2, 0.25) is 0 Å². The van der Waals surface area contributed by atoms with Gasteiger partial charge < -0.3 is 14.7 Å². The molecule has 1 atom stereocenters. The summed E-state index contributed by atoms with van der Waals surface area (Å²) < 4.78 is 5.27. The zero-order valence-electron chi connectivity index (χ0n) is 15.5. The Balaban J connectivity index is 1.98. The molecular formula is C22H19ClN2O3. The maximum Gasteiger partial charge on any atom is 0.262 e. The van der Waals surface area contributed by atoms with Crippen LogP contribution in [0.1, 0.15) is 22.1 Å². The number of anilines is 2. The molecule has 0 spiro atoms. The Morgan fingerprint density at radius 3 is 2.36 bits per heavy atom. The number of halogens is 1. The molecule has 1 heterocycles. The molecule has 1 amide bonds. The van der Waals surface area contributed by atoms with E-state index in [0.29, 0.717) is 27.6 Å². The Hall–Kier alpha value is -3.18. The standard InChI is InChI=1S/C22H19ClN2O3/c1-24-17-11-5-3-8-14(17)22(27)25(18-12-6-4-10-16(18)23)21(24)15-9-7-13-19(28-2)20(15)26/h3-13,21,26H,1-2H3. The zero-order valence-corrected chi connectivity index (χ0v) is 16.2. The first-order valence-corrected chi connectivity index (χ1v) is 9.18. The molecule has 0 saturated heterocycles. The quantitative estimate of drug-likeness (QED) is 0.690. The van der Waals surface area contributed by atoms with E-state index in [1.165, 1.54) is 7.11 Å². The Morgan fingerprint density at radius 2 is 1.64 bits per heavy atom. The molecule has 1 aliphatic rings. The lowest BCUT2D eigenvalue weighted by molar-refractivity contribution is 0.0969. The molecule has 0 aliphatic carbocycles. The van der Waals surface area contributed by atoms with Gasteiger partial charge in [-0.1, -0.05) is 48.0 Å². The first-order valence-electron chi connectivity index (χ1n) is 8.80. The summed E-state index contributed by atoms with van der Waals surface area (Å²) in [5.74, 6) is 0.149. The Bertz CT molecular complexity index is 1050. The van der Waals surface area contributed by atoms with E-state index in [4.69, 9.17) is 16.3 Å². The number of amides is 1. The molecule has 1 unspecified atom stereocenters. The largest absolute Gasteiger partial charge is 0.504 e. The molecule has 28 heavy (non-hydrogen) atoms. The predicted octanol–water partition coefficient (Wildman–Crippen LogP) is 4.85. The number of hydrogen-bond acceptors (Lipinski definition) is 4. The van der Waals surface area contributed by atoms with Crippen LogP contribution in [0.25, 0.3) is 0 Å². The van der Waals surface area contributed by atoms with Crippen molar-refractivity contribution in [3.8, 4) is 11.5 Å². The van der Waals surface area contributed by atoms with Crippen LogP contribution >= 0.6 is 11.6 Å². The van der Waals surface area contributed by atoms with Gasteiger partial charge in [0.25, 0.3) is 5.91 Å². The highest BCUT2D eigenvalue weighted by atomic mass is 35.5. The first-order chi connectivity index (χ1) is 13.5. The Labute approximate surface area is 168 Å². The minimum absolute atomic E-state index is 0.00825. The van der Waals surface area contributed by atoms with Gasteiger partial charge in [-0.05, 0) is 30.3 Å². The van der Waals surface area contributed by atoms with Crippen molar-refractivity contribution < 1.29 is 14.6 Å². The number of phenols is 1. The van der Waals surface area contributed by atoms with Gasteiger partial charge in [-0.2, -0.15) is 0 Å². The number of carbonyl (C=O) groups excluding carboxylic acids is 1. The van der Waals surface area contributed by atoms with Gasteiger partial charge in [0.1, 0.15) is 6.17 Å². The summed E-state index contributed by atoms with van der Waals surface area (Å²) in [7, 11) is 3.38. The van der Waals surface area contributed by atoms with Gasteiger partial charge in [-0.3, -0.25) is 9.69 Å². The first kappa shape index (κ1) is 18.2. The summed E-state index contributed by atoms with van der Waals surface area (Å²) in [6.07, 6.45) is -0.600. The minimum atomic E-state index is -0.600. The predicted molar refractivity (Wildman–Crippen MR) is 111 cm³/mol. The summed E-state index contributed by atoms with van der Waals surface area (Å²) >= 11 is 6.45. The third kappa shape index (κ3) is 2.75. The number of phenolic OH excluding ortho intramolecular Hbond substituents is 1. The zero-order chi connectivity index (χ0) is 19.8. The second-order valence-corrected chi connectivity index (χ2v) is 6.93. The van der Waals surface area contributed by atoms with Gasteiger partial charge in [0.15, 0.2) is 11.5 Å². The molecule has 0 radical (unpaired) electrons. The van der Waals surface area contributed by atoms with Crippen molar-refractivity contribution in [1.82, 2.24) is 0 Å². The smallest absolute Gasteiger partial charge is 0.262 e. The van der Waals surface area contributed by atoms with E-state index in [9.17, 15) is 9.90 Å². The van der Waals surface area contributed by atoms with Crippen molar-refractivity contribution in [1.29, 1.82) is 0 Å². The van der Waals surface area contributed by atoms with Crippen molar-refractivity contribution in [2.75, 3.05) is 24.0 Å². The number of benzene rings is 3. The molecule has 1 aliphatic heterocycles. The average molecular weight is 395 g/mol. The van der Waals surface area contributed by atoms with Crippen molar-refractivity contribution in [2.24, 2.45) is 0 Å². The van der Waals surface area contributed by atoms with E-state index in [0.717, 1.165) is 5.69 Å². The minimum Gasteiger partial charge on any atom is -0.504 e. The Kier molecular flexibility index (Phi) is 4.61. The van der Waals surface area contributed by atoms with Crippen LogP contribution in [-0.4, -0.2) is 25.2 Å². The molecule has 6 heteroatoms. The van der Waals surface area contributed by atoms with Crippen LogP contribution < -0.4 is 14.5 Å². The summed E-state index contributed by atoms with van der Waals surface area (Å²) in [4.78, 5) is 17.1. The highest BCUT2D eigenvalue weighted by molar-refractivity contribution is 6.34. The molecule has 1 N–H and O–H groups in total. The highest BCUT2D eigenvalue weighted by Crippen LogP contribution is 2.46. The number of methoxy groups -OCH3 is 1. The summed E-state index contributed by atoms with van der Waals surface area (Å²) in [6.45, 7) is 0. The highest BCUT2D eigenvalue weighted by Gasteiger charge is 2.40. The maximum atomic E-state index is 13.5. The van der Waals surface area contributed by atoms with E-state index >= 15 is 0 Å². The van der Waals surface area contributed by atoms with Gasteiger partial charge in [-0.15, -0.1) is 0 Å². The lowest BCUT2D eigenvalue weighted by Gasteiger charge is -2.44. The second kappa shape index (κ2) is 7.09. The van der Waals surface area contributed by atoms with Crippen molar-refractivity contribution >= 4 is 28.9 Å². The van der Waals surface area contributed by atoms with Gasteiger partial charge >= 0.3 is 0 Å². The SMILES string of the molecule is COc1cccc(C2N(C)c3ccccc3C(=O)N2c2ccccc2Cl)c1O. The molecule has 142 valence electrons. The van der Waals surface area contributed by atoms with E-state index in [1.807, 2.05) is 42.3 Å². The number of carbonyl (C=O) groups is 1. The molecule has 3 aromatic carbocycles. The molecule has 5 nitrogen and oxygen atoms in total. The van der Waals surface area contributed by atoms with E-state index < -0.39 is 6.17 Å². The number of aromatic hydroxyl groups is 1. The lowest BCUT2D eigenvalue weighted by atomic mass is 10.00. The van der Waals surface area contributed by atoms with Crippen LogP contribution in [0, 0.1) is 0 Å². The van der Waals surface area contributed by atoms with Crippen LogP contribution in [0.15, 0.2) is 66.7 Å². The third-order valence-electron chi connectivity index (χ3n) is 4.98. The fourth-order valence-electron chi connectivity index (χ4n) is 3.66. The Morgan fingerprint density at radius 1 is 0.964 bits per heavy atom. The van der Waals surface area contributed by atoms with Crippen molar-refractivity contribution in [3.63, 3.8) is 0 Å². The number of para-hydroxylation sites is 3. The summed E-state index contributed by atoms with van der Waals surface area (Å²) in [5.41, 5.74) is 2.47. The van der Waals surface area contributed by atoms with Crippen LogP contribution in [-0.2, 0) is 0 Å². The van der Waals surface area contributed by atoms with E-state index in [2.05, 4.69) is 0 Å². The molecule has 4 rings (SSSR count). The van der Waals surface area contributed by atoms with Crippen LogP contribution in [0.2, 0.25) is 5.02 Å². The normalized spacial score (nSPS) is 16.1. The fraction of sp³-hybridized carbons (Fsp3) is 0.136. The second-order valence-electron chi connectivity index (χ2n) is 6.53. The lowest BCUT2D eigenvalue weighted by Crippen LogP contribution is -2.48. The molecule has 3 aromatic rings. The average Bonchev–Trinajstić information content (AvgIpc) is 2.72. The number of fused-ring (bicyclic) bond motifs is 1. The maximum absolute atomic E-state index is 13.5. The molecule has 0 bridgehead atoms. The van der Waals surface area contributed by atoms with Crippen LogP contribution in [0.4, 0.5) is 11.4 Å². The molecular weight excluding hydrogens is 376 g/mol. The number of nitrogens with zero attached hydrogens (tertiary/aromatic N) is 2. The van der Waals surface area contributed by atoms with Crippen LogP contribution in [0.5, 0.6) is 11.5 Å². The van der Waals surface area contributed by atoms with Crippen molar-refractivity contribution in [3.05, 3.63) is 82.9 Å². The van der Waals surface area contributed by atoms with Crippen LogP contribution in [0.3, 0.4) is 0 Å². The topological polar surface area (TPSA) is 53.0 Å². The van der Waals surface area contributed by atoms with Gasteiger partial charge in [-0.25, -0.2) is 0 Å².